The summed E-state index contributed by atoms with van der Waals surface area (Å²) in [6.45, 7) is 6.73. The van der Waals surface area contributed by atoms with Crippen molar-refractivity contribution >= 4 is 29.2 Å². The Morgan fingerprint density at radius 1 is 1.31 bits per heavy atom. The van der Waals surface area contributed by atoms with Crippen molar-refractivity contribution < 1.29 is 9.18 Å². The van der Waals surface area contributed by atoms with Crippen LogP contribution in [0, 0.1) is 12.9 Å². The van der Waals surface area contributed by atoms with Crippen molar-refractivity contribution in [2.75, 3.05) is 13.6 Å². The van der Waals surface area contributed by atoms with E-state index >= 15 is 0 Å². The van der Waals surface area contributed by atoms with Gasteiger partial charge in [0.15, 0.2) is 0 Å². The Balaban J connectivity index is 0.000000552. The van der Waals surface area contributed by atoms with E-state index in [1.165, 1.54) is 22.1 Å². The number of rotatable bonds is 3. The highest BCUT2D eigenvalue weighted by Gasteiger charge is 2.28. The van der Waals surface area contributed by atoms with Gasteiger partial charge in [0, 0.05) is 41.2 Å². The van der Waals surface area contributed by atoms with Gasteiger partial charge in [-0.05, 0) is 48.9 Å². The Morgan fingerprint density at radius 3 is 2.72 bits per heavy atom. The fourth-order valence-electron chi connectivity index (χ4n) is 3.58. The molecule has 3 nitrogen and oxygen atoms in total. The molecule has 0 spiro atoms. The van der Waals surface area contributed by atoms with E-state index in [1.807, 2.05) is 12.1 Å². The molecule has 150 valence electrons. The Kier molecular flexibility index (Phi) is 6.96. The highest BCUT2D eigenvalue weighted by atomic mass is 35.5. The van der Waals surface area contributed by atoms with Crippen molar-refractivity contribution in [3.05, 3.63) is 87.1 Å². The Labute approximate surface area is 179 Å². The topological polar surface area (TPSA) is 33.2 Å². The van der Waals surface area contributed by atoms with E-state index in [-0.39, 0.29) is 5.92 Å². The monoisotopic (exact) mass is 428 g/mol. The van der Waals surface area contributed by atoms with Gasteiger partial charge in [-0.1, -0.05) is 42.4 Å². The third-order valence-corrected chi connectivity index (χ3v) is 6.12. The SMILES string of the molecule is C=CC=O.Cc1cc(-c2ccccc2C2CN(C)Cc3sc(Cl)cc32)cnc1F. The van der Waals surface area contributed by atoms with Crippen LogP contribution in [0.5, 0.6) is 0 Å². The number of nitrogens with zero attached hydrogens (tertiary/aromatic N) is 2. The first-order valence-electron chi connectivity index (χ1n) is 9.18. The van der Waals surface area contributed by atoms with E-state index in [4.69, 9.17) is 16.4 Å². The number of fused-ring (bicyclic) bond motifs is 1. The lowest BCUT2D eigenvalue weighted by Crippen LogP contribution is -2.30. The number of aldehydes is 1. The molecule has 0 aliphatic carbocycles. The van der Waals surface area contributed by atoms with Gasteiger partial charge in [-0.15, -0.1) is 11.3 Å². The zero-order valence-corrected chi connectivity index (χ0v) is 17.9. The standard InChI is InChI=1S/C20H18ClFN2S.C3H4O/c1-12-7-13(9-23-20(12)22)14-5-3-4-6-15(14)17-10-24(2)11-18-16(17)8-19(21)25-18;1-2-3-4/h3-9,17H,10-11H2,1-2H3;2-3H,1H2. The van der Waals surface area contributed by atoms with Crippen LogP contribution in [0.1, 0.15) is 27.5 Å². The lowest BCUT2D eigenvalue weighted by Gasteiger charge is -2.31. The van der Waals surface area contributed by atoms with Gasteiger partial charge < -0.3 is 4.90 Å². The molecule has 1 aromatic carbocycles. The molecule has 3 heterocycles. The molecule has 3 aromatic rings. The predicted octanol–water partition coefficient (Wildman–Crippen LogP) is 5.86. The normalized spacial score (nSPS) is 15.8. The van der Waals surface area contributed by atoms with Gasteiger partial charge in [0.2, 0.25) is 5.95 Å². The van der Waals surface area contributed by atoms with Crippen LogP contribution in [0.25, 0.3) is 11.1 Å². The maximum Gasteiger partial charge on any atom is 0.215 e. The fourth-order valence-corrected chi connectivity index (χ4v) is 5.00. The summed E-state index contributed by atoms with van der Waals surface area (Å²) in [6, 6.07) is 12.3. The summed E-state index contributed by atoms with van der Waals surface area (Å²) < 4.78 is 14.4. The molecule has 0 saturated carbocycles. The predicted molar refractivity (Wildman–Crippen MR) is 118 cm³/mol. The van der Waals surface area contributed by atoms with E-state index < -0.39 is 5.95 Å². The van der Waals surface area contributed by atoms with E-state index in [2.05, 4.69) is 47.8 Å². The summed E-state index contributed by atoms with van der Waals surface area (Å²) in [7, 11) is 2.13. The van der Waals surface area contributed by atoms with Crippen LogP contribution in [0.3, 0.4) is 0 Å². The average Bonchev–Trinajstić information content (AvgIpc) is 3.09. The molecule has 1 aliphatic rings. The molecular formula is C23H22ClFN2OS. The Bertz CT molecular complexity index is 1030. The number of likely N-dealkylation sites (N-methyl/N-ethyl adjacent to an activating group) is 1. The maximum absolute atomic E-state index is 13.6. The molecule has 0 N–H and O–H groups in total. The number of allylic oxidation sites excluding steroid dienone is 1. The molecule has 0 radical (unpaired) electrons. The number of benzene rings is 1. The lowest BCUT2D eigenvalue weighted by atomic mass is 9.84. The molecule has 6 heteroatoms. The molecule has 2 aromatic heterocycles. The minimum Gasteiger partial charge on any atom is -0.300 e. The van der Waals surface area contributed by atoms with Crippen LogP contribution >= 0.6 is 22.9 Å². The summed E-state index contributed by atoms with van der Waals surface area (Å²) in [5, 5.41) is 0. The summed E-state index contributed by atoms with van der Waals surface area (Å²) in [4.78, 5) is 16.6. The van der Waals surface area contributed by atoms with Crippen molar-refractivity contribution in [3.8, 4) is 11.1 Å². The second kappa shape index (κ2) is 9.44. The van der Waals surface area contributed by atoms with Gasteiger partial charge in [-0.25, -0.2) is 4.98 Å². The highest BCUT2D eigenvalue weighted by Crippen LogP contribution is 2.42. The number of hydrogen-bond acceptors (Lipinski definition) is 4. The van der Waals surface area contributed by atoms with Crippen molar-refractivity contribution in [3.63, 3.8) is 0 Å². The minimum absolute atomic E-state index is 0.249. The van der Waals surface area contributed by atoms with Crippen LogP contribution in [0.2, 0.25) is 4.34 Å². The quantitative estimate of drug-likeness (QED) is 0.297. The molecule has 0 amide bonds. The number of aromatic nitrogens is 1. The summed E-state index contributed by atoms with van der Waals surface area (Å²) >= 11 is 7.95. The zero-order chi connectivity index (χ0) is 21.0. The number of aryl methyl sites for hydroxylation is 1. The van der Waals surface area contributed by atoms with Crippen LogP contribution in [-0.2, 0) is 11.3 Å². The molecule has 4 rings (SSSR count). The third kappa shape index (κ3) is 4.81. The molecular weight excluding hydrogens is 407 g/mol. The molecule has 1 aliphatic heterocycles. The second-order valence-corrected chi connectivity index (χ2v) is 8.74. The van der Waals surface area contributed by atoms with Crippen LogP contribution < -0.4 is 0 Å². The van der Waals surface area contributed by atoms with Gasteiger partial charge >= 0.3 is 0 Å². The van der Waals surface area contributed by atoms with E-state index in [0.717, 1.165) is 28.6 Å². The molecule has 0 fully saturated rings. The molecule has 1 atom stereocenters. The number of carbonyl (C=O) groups excluding carboxylic acids is 1. The third-order valence-electron chi connectivity index (χ3n) is 4.85. The van der Waals surface area contributed by atoms with Crippen molar-refractivity contribution in [1.29, 1.82) is 0 Å². The Morgan fingerprint density at radius 2 is 2.03 bits per heavy atom. The number of halogens is 2. The number of hydrogen-bond donors (Lipinski definition) is 0. The van der Waals surface area contributed by atoms with Gasteiger partial charge in [0.25, 0.3) is 0 Å². The van der Waals surface area contributed by atoms with Crippen LogP contribution in [0.4, 0.5) is 4.39 Å². The second-order valence-electron chi connectivity index (χ2n) is 6.97. The van der Waals surface area contributed by atoms with Crippen molar-refractivity contribution in [1.82, 2.24) is 9.88 Å². The summed E-state index contributed by atoms with van der Waals surface area (Å²) in [5.41, 5.74) is 5.16. The average molecular weight is 429 g/mol. The highest BCUT2D eigenvalue weighted by molar-refractivity contribution is 7.16. The van der Waals surface area contributed by atoms with E-state index in [0.29, 0.717) is 11.8 Å². The van der Waals surface area contributed by atoms with Gasteiger partial charge in [-0.3, -0.25) is 4.79 Å². The summed E-state index contributed by atoms with van der Waals surface area (Å²) in [5.74, 6) is -0.162. The maximum atomic E-state index is 13.6. The fraction of sp³-hybridized carbons (Fsp3) is 0.217. The minimum atomic E-state index is -0.412. The van der Waals surface area contributed by atoms with Crippen LogP contribution in [-0.4, -0.2) is 29.8 Å². The number of thiophene rings is 1. The largest absolute Gasteiger partial charge is 0.300 e. The molecule has 0 saturated heterocycles. The van der Waals surface area contributed by atoms with Gasteiger partial charge in [-0.2, -0.15) is 4.39 Å². The van der Waals surface area contributed by atoms with Gasteiger partial charge in [0.05, 0.1) is 4.34 Å². The number of carbonyl (C=O) groups is 1. The van der Waals surface area contributed by atoms with E-state index in [9.17, 15) is 4.39 Å². The van der Waals surface area contributed by atoms with Crippen LogP contribution in [0.15, 0.2) is 55.3 Å². The first kappa shape index (κ1) is 21.4. The first-order chi connectivity index (χ1) is 13.9. The molecule has 29 heavy (non-hydrogen) atoms. The van der Waals surface area contributed by atoms with Gasteiger partial charge in [0.1, 0.15) is 6.29 Å². The number of pyridine rings is 1. The Hall–Kier alpha value is -2.34. The lowest BCUT2D eigenvalue weighted by molar-refractivity contribution is -0.104. The van der Waals surface area contributed by atoms with E-state index in [1.54, 1.807) is 24.5 Å². The van der Waals surface area contributed by atoms with Crippen molar-refractivity contribution in [2.24, 2.45) is 0 Å². The first-order valence-corrected chi connectivity index (χ1v) is 10.4. The smallest absolute Gasteiger partial charge is 0.215 e. The summed E-state index contributed by atoms with van der Waals surface area (Å²) in [6.07, 6.45) is 3.45. The zero-order valence-electron chi connectivity index (χ0n) is 16.4. The molecule has 1 unspecified atom stereocenters. The molecule has 0 bridgehead atoms. The van der Waals surface area contributed by atoms with Crippen molar-refractivity contribution in [2.45, 2.75) is 19.4 Å².